The van der Waals surface area contributed by atoms with Crippen LogP contribution in [-0.2, 0) is 9.53 Å². The predicted octanol–water partition coefficient (Wildman–Crippen LogP) is 3.16. The molecule has 160 valence electrons. The van der Waals surface area contributed by atoms with Crippen LogP contribution in [0.15, 0.2) is 36.4 Å². The molecule has 1 atom stereocenters. The van der Waals surface area contributed by atoms with Gasteiger partial charge in [-0.25, -0.2) is 9.97 Å². The maximum Gasteiger partial charge on any atom is 0.236 e. The van der Waals surface area contributed by atoms with Gasteiger partial charge in [-0.1, -0.05) is 19.1 Å². The molecular weight excluding hydrogens is 378 g/mol. The Kier molecular flexibility index (Phi) is 6.59. The van der Waals surface area contributed by atoms with E-state index in [0.717, 1.165) is 61.4 Å². The average molecular weight is 410 g/mol. The molecule has 30 heavy (non-hydrogen) atoms. The molecule has 0 unspecified atom stereocenters. The first kappa shape index (κ1) is 20.8. The van der Waals surface area contributed by atoms with Crippen molar-refractivity contribution >= 4 is 17.5 Å². The monoisotopic (exact) mass is 409 g/mol. The Morgan fingerprint density at radius 3 is 2.60 bits per heavy atom. The number of ether oxygens (including phenoxy) is 1. The lowest BCUT2D eigenvalue weighted by Crippen LogP contribution is -2.47. The summed E-state index contributed by atoms with van der Waals surface area (Å²) in [5.74, 6) is 2.47. The van der Waals surface area contributed by atoms with E-state index in [9.17, 15) is 4.79 Å². The third kappa shape index (κ3) is 5.34. The van der Waals surface area contributed by atoms with Crippen molar-refractivity contribution in [2.24, 2.45) is 5.92 Å². The second-order valence-corrected chi connectivity index (χ2v) is 8.39. The van der Waals surface area contributed by atoms with Crippen LogP contribution in [0.5, 0.6) is 0 Å². The van der Waals surface area contributed by atoms with Gasteiger partial charge in [-0.15, -0.1) is 0 Å². The number of likely N-dealkylation sites (tertiary alicyclic amines) is 1. The lowest BCUT2D eigenvalue weighted by molar-refractivity contribution is -0.135. The van der Waals surface area contributed by atoms with Gasteiger partial charge in [0, 0.05) is 31.9 Å². The number of morpholine rings is 1. The van der Waals surface area contributed by atoms with Crippen LogP contribution in [0.2, 0.25) is 0 Å². The number of nitrogens with one attached hydrogen (secondary N) is 1. The molecule has 1 amide bonds. The number of carbonyl (C=O) groups is 1. The van der Waals surface area contributed by atoms with Gasteiger partial charge in [-0.05, 0) is 49.9 Å². The van der Waals surface area contributed by atoms with Gasteiger partial charge in [0.1, 0.15) is 17.7 Å². The van der Waals surface area contributed by atoms with Gasteiger partial charge in [0.05, 0.1) is 18.8 Å². The quantitative estimate of drug-likeness (QED) is 0.818. The van der Waals surface area contributed by atoms with Crippen LogP contribution in [0.4, 0.5) is 11.6 Å². The summed E-state index contributed by atoms with van der Waals surface area (Å²) in [7, 11) is 0. The van der Waals surface area contributed by atoms with E-state index in [4.69, 9.17) is 9.72 Å². The van der Waals surface area contributed by atoms with Gasteiger partial charge in [0.15, 0.2) is 0 Å². The van der Waals surface area contributed by atoms with Crippen molar-refractivity contribution in [1.29, 1.82) is 0 Å². The molecule has 2 fully saturated rings. The highest BCUT2D eigenvalue weighted by Gasteiger charge is 2.27. The van der Waals surface area contributed by atoms with Crippen LogP contribution in [0.1, 0.15) is 37.3 Å². The molecule has 0 aliphatic carbocycles. The normalized spacial score (nSPS) is 20.9. The maximum absolute atomic E-state index is 12.7. The number of hydrogen-bond acceptors (Lipinski definition) is 6. The van der Waals surface area contributed by atoms with Gasteiger partial charge in [-0.2, -0.15) is 0 Å². The van der Waals surface area contributed by atoms with E-state index in [1.807, 2.05) is 48.2 Å². The number of aromatic nitrogens is 2. The SMILES string of the molecule is Cc1cccc(Nc2cccc([C@H]3CN(CC(=O)N4CCC(C)CC4)CCO3)n2)n1. The molecule has 7 nitrogen and oxygen atoms in total. The zero-order valence-electron chi connectivity index (χ0n) is 17.9. The van der Waals surface area contributed by atoms with Crippen molar-refractivity contribution in [3.05, 3.63) is 47.8 Å². The summed E-state index contributed by atoms with van der Waals surface area (Å²) in [6.45, 7) is 8.51. The fraction of sp³-hybridized carbons (Fsp3) is 0.522. The first-order valence-electron chi connectivity index (χ1n) is 10.9. The summed E-state index contributed by atoms with van der Waals surface area (Å²) in [6.07, 6.45) is 2.08. The number of anilines is 2. The van der Waals surface area contributed by atoms with E-state index in [0.29, 0.717) is 19.7 Å². The first-order chi connectivity index (χ1) is 14.6. The van der Waals surface area contributed by atoms with Crippen LogP contribution >= 0.6 is 0 Å². The van der Waals surface area contributed by atoms with E-state index in [2.05, 4.69) is 22.1 Å². The highest BCUT2D eigenvalue weighted by Crippen LogP contribution is 2.23. The zero-order chi connectivity index (χ0) is 20.9. The summed E-state index contributed by atoms with van der Waals surface area (Å²) >= 11 is 0. The molecule has 4 rings (SSSR count). The molecule has 2 aliphatic rings. The van der Waals surface area contributed by atoms with E-state index in [1.165, 1.54) is 0 Å². The Hall–Kier alpha value is -2.51. The second-order valence-electron chi connectivity index (χ2n) is 8.39. The van der Waals surface area contributed by atoms with Gasteiger partial charge < -0.3 is 15.0 Å². The summed E-state index contributed by atoms with van der Waals surface area (Å²) in [6, 6.07) is 11.7. The summed E-state index contributed by atoms with van der Waals surface area (Å²) in [4.78, 5) is 26.1. The Morgan fingerprint density at radius 2 is 1.83 bits per heavy atom. The topological polar surface area (TPSA) is 70.6 Å². The summed E-state index contributed by atoms with van der Waals surface area (Å²) in [5.41, 5.74) is 1.83. The number of nitrogens with zero attached hydrogens (tertiary/aromatic N) is 4. The Bertz CT molecular complexity index is 866. The first-order valence-corrected chi connectivity index (χ1v) is 10.9. The molecule has 0 spiro atoms. The Labute approximate surface area is 178 Å². The third-order valence-electron chi connectivity index (χ3n) is 5.89. The van der Waals surface area contributed by atoms with Crippen molar-refractivity contribution in [2.45, 2.75) is 32.8 Å². The smallest absolute Gasteiger partial charge is 0.236 e. The number of hydrogen-bond donors (Lipinski definition) is 1. The largest absolute Gasteiger partial charge is 0.369 e. The molecule has 0 aromatic carbocycles. The van der Waals surface area contributed by atoms with Crippen molar-refractivity contribution in [2.75, 3.05) is 44.6 Å². The number of amides is 1. The van der Waals surface area contributed by atoms with Gasteiger partial charge >= 0.3 is 0 Å². The van der Waals surface area contributed by atoms with Crippen molar-refractivity contribution < 1.29 is 9.53 Å². The van der Waals surface area contributed by atoms with Gasteiger partial charge in [0.2, 0.25) is 5.91 Å². The minimum Gasteiger partial charge on any atom is -0.369 e. The number of carbonyl (C=O) groups excluding carboxylic acids is 1. The molecule has 2 aromatic heterocycles. The fourth-order valence-corrected chi connectivity index (χ4v) is 4.02. The Balaban J connectivity index is 1.36. The molecule has 0 saturated carbocycles. The van der Waals surface area contributed by atoms with E-state index >= 15 is 0 Å². The van der Waals surface area contributed by atoms with Crippen LogP contribution < -0.4 is 5.32 Å². The second kappa shape index (κ2) is 9.53. The molecular formula is C23H31N5O2. The average Bonchev–Trinajstić information content (AvgIpc) is 2.75. The lowest BCUT2D eigenvalue weighted by atomic mass is 9.99. The molecule has 2 aromatic rings. The van der Waals surface area contributed by atoms with Crippen molar-refractivity contribution in [3.8, 4) is 0 Å². The number of aryl methyl sites for hydroxylation is 1. The molecule has 4 heterocycles. The standard InChI is InChI=1S/C23H31N5O2/c1-17-9-11-28(12-10-17)23(29)16-27-13-14-30-20(15-27)19-6-4-8-22(25-19)26-21-7-3-5-18(2)24-21/h3-8,17,20H,9-16H2,1-2H3,(H,24,25,26)/t20-/m1/s1. The molecule has 1 N–H and O–H groups in total. The Morgan fingerprint density at radius 1 is 1.10 bits per heavy atom. The van der Waals surface area contributed by atoms with Crippen LogP contribution in [0.25, 0.3) is 0 Å². The number of rotatable bonds is 5. The van der Waals surface area contributed by atoms with Gasteiger partial charge in [-0.3, -0.25) is 9.69 Å². The maximum atomic E-state index is 12.7. The lowest BCUT2D eigenvalue weighted by Gasteiger charge is -2.35. The minimum atomic E-state index is -0.139. The zero-order valence-corrected chi connectivity index (χ0v) is 17.9. The summed E-state index contributed by atoms with van der Waals surface area (Å²) < 4.78 is 5.99. The minimum absolute atomic E-state index is 0.139. The van der Waals surface area contributed by atoms with Crippen molar-refractivity contribution in [1.82, 2.24) is 19.8 Å². The molecule has 0 radical (unpaired) electrons. The van der Waals surface area contributed by atoms with Crippen LogP contribution in [0, 0.1) is 12.8 Å². The highest BCUT2D eigenvalue weighted by atomic mass is 16.5. The molecule has 2 aliphatic heterocycles. The van der Waals surface area contributed by atoms with E-state index < -0.39 is 0 Å². The van der Waals surface area contributed by atoms with E-state index in [-0.39, 0.29) is 12.0 Å². The predicted molar refractivity (Wildman–Crippen MR) is 117 cm³/mol. The van der Waals surface area contributed by atoms with Crippen LogP contribution in [0.3, 0.4) is 0 Å². The highest BCUT2D eigenvalue weighted by molar-refractivity contribution is 5.78. The summed E-state index contributed by atoms with van der Waals surface area (Å²) in [5, 5.41) is 3.26. The number of piperidine rings is 1. The third-order valence-corrected chi connectivity index (χ3v) is 5.89. The van der Waals surface area contributed by atoms with Crippen LogP contribution in [-0.4, -0.2) is 65.0 Å². The fourth-order valence-electron chi connectivity index (χ4n) is 4.02. The molecule has 0 bridgehead atoms. The molecule has 2 saturated heterocycles. The number of pyridine rings is 2. The van der Waals surface area contributed by atoms with E-state index in [1.54, 1.807) is 0 Å². The van der Waals surface area contributed by atoms with Gasteiger partial charge in [0.25, 0.3) is 0 Å². The van der Waals surface area contributed by atoms with Crippen molar-refractivity contribution in [3.63, 3.8) is 0 Å². The molecule has 7 heteroatoms.